The molecule has 2 N–H and O–H groups in total. The number of hydrogen-bond donors (Lipinski definition) is 2. The summed E-state index contributed by atoms with van der Waals surface area (Å²) in [5, 5.41) is 17.1. The molecule has 0 spiro atoms. The molecule has 0 amide bonds. The molecule has 4 nitrogen and oxygen atoms in total. The monoisotopic (exact) mass is 243 g/mol. The van der Waals surface area contributed by atoms with Crippen LogP contribution < -0.4 is 0 Å². The molecular weight excluding hydrogens is 227 g/mol. The number of carboxylic acid groups (broad SMARTS) is 1. The largest absolute Gasteiger partial charge is 0.481 e. The Morgan fingerprint density at radius 3 is 2.25 bits per heavy atom. The zero-order valence-corrected chi connectivity index (χ0v) is 9.00. The van der Waals surface area contributed by atoms with E-state index in [0.717, 1.165) is 0 Å². The quantitative estimate of drug-likeness (QED) is 0.699. The fourth-order valence-corrected chi connectivity index (χ4v) is 1.33. The molecule has 1 unspecified atom stereocenters. The van der Waals surface area contributed by atoms with E-state index >= 15 is 0 Å². The number of nitrogens with zero attached hydrogens (tertiary/aromatic N) is 1. The number of aliphatic hydroxyl groups excluding tert-OH is 1. The molecule has 0 aliphatic rings. The summed E-state index contributed by atoms with van der Waals surface area (Å²) in [5.74, 6) is -4.28. The van der Waals surface area contributed by atoms with E-state index in [1.165, 1.54) is 4.90 Å². The molecular formula is C9H16F3NO3. The molecule has 16 heavy (non-hydrogen) atoms. The maximum atomic E-state index is 12.3. The van der Waals surface area contributed by atoms with Gasteiger partial charge in [0.25, 0.3) is 0 Å². The highest BCUT2D eigenvalue weighted by Crippen LogP contribution is 2.27. The normalized spacial score (nSPS) is 14.1. The minimum atomic E-state index is -4.76. The lowest BCUT2D eigenvalue weighted by Gasteiger charge is -2.25. The third-order valence-electron chi connectivity index (χ3n) is 2.09. The number of carbonyl (C=O) groups is 1. The van der Waals surface area contributed by atoms with Gasteiger partial charge in [-0.2, -0.15) is 13.2 Å². The maximum Gasteiger partial charge on any atom is 0.403 e. The summed E-state index contributed by atoms with van der Waals surface area (Å²) in [6.45, 7) is 1.25. The highest BCUT2D eigenvalue weighted by molar-refractivity contribution is 5.71. The minimum Gasteiger partial charge on any atom is -0.481 e. The molecule has 0 aromatic rings. The Hall–Kier alpha value is -0.820. The number of carboxylic acids is 1. The average Bonchev–Trinajstić information content (AvgIpc) is 2.12. The standard InChI is InChI=1S/C9H16F3NO3/c1-2-3-13(4-5-14)6-7(8(15)16)9(10,11)12/h7,14H,2-6H2,1H3,(H,15,16). The van der Waals surface area contributed by atoms with E-state index in [2.05, 4.69) is 0 Å². The van der Waals surface area contributed by atoms with Crippen molar-refractivity contribution in [1.82, 2.24) is 4.90 Å². The Kier molecular flexibility index (Phi) is 6.35. The molecule has 0 saturated heterocycles. The van der Waals surface area contributed by atoms with E-state index in [4.69, 9.17) is 10.2 Å². The number of halogens is 3. The zero-order chi connectivity index (χ0) is 12.8. The number of alkyl halides is 3. The molecule has 0 aromatic carbocycles. The highest BCUT2D eigenvalue weighted by Gasteiger charge is 2.45. The predicted octanol–water partition coefficient (Wildman–Crippen LogP) is 0.954. The van der Waals surface area contributed by atoms with Gasteiger partial charge in [0.15, 0.2) is 5.92 Å². The van der Waals surface area contributed by atoms with Gasteiger partial charge in [-0.05, 0) is 13.0 Å². The van der Waals surface area contributed by atoms with Crippen LogP contribution in [0.25, 0.3) is 0 Å². The summed E-state index contributed by atoms with van der Waals surface area (Å²) < 4.78 is 37.0. The molecule has 0 rings (SSSR count). The Labute approximate surface area is 91.7 Å². The van der Waals surface area contributed by atoms with Crippen molar-refractivity contribution in [2.75, 3.05) is 26.2 Å². The summed E-state index contributed by atoms with van der Waals surface area (Å²) >= 11 is 0. The first-order valence-corrected chi connectivity index (χ1v) is 4.95. The van der Waals surface area contributed by atoms with Gasteiger partial charge in [-0.15, -0.1) is 0 Å². The predicted molar refractivity (Wildman–Crippen MR) is 51.0 cm³/mol. The van der Waals surface area contributed by atoms with Gasteiger partial charge in [0.05, 0.1) is 6.61 Å². The molecule has 0 bridgehead atoms. The van der Waals surface area contributed by atoms with Crippen molar-refractivity contribution in [1.29, 1.82) is 0 Å². The van der Waals surface area contributed by atoms with Crippen LogP contribution in [-0.4, -0.2) is 53.5 Å². The first-order chi connectivity index (χ1) is 7.32. The smallest absolute Gasteiger partial charge is 0.403 e. The van der Waals surface area contributed by atoms with Gasteiger partial charge < -0.3 is 10.2 Å². The summed E-state index contributed by atoms with van der Waals surface area (Å²) in [7, 11) is 0. The summed E-state index contributed by atoms with van der Waals surface area (Å²) in [4.78, 5) is 11.8. The molecule has 0 aliphatic heterocycles. The van der Waals surface area contributed by atoms with Crippen molar-refractivity contribution in [3.05, 3.63) is 0 Å². The Balaban J connectivity index is 4.51. The van der Waals surface area contributed by atoms with Crippen LogP contribution in [0.5, 0.6) is 0 Å². The second-order valence-corrected chi connectivity index (χ2v) is 3.46. The van der Waals surface area contributed by atoms with Crippen LogP contribution in [0.15, 0.2) is 0 Å². The summed E-state index contributed by atoms with van der Waals surface area (Å²) in [6, 6.07) is 0. The van der Waals surface area contributed by atoms with Crippen molar-refractivity contribution in [2.45, 2.75) is 19.5 Å². The van der Waals surface area contributed by atoms with E-state index in [0.29, 0.717) is 13.0 Å². The highest BCUT2D eigenvalue weighted by atomic mass is 19.4. The number of hydrogen-bond acceptors (Lipinski definition) is 3. The zero-order valence-electron chi connectivity index (χ0n) is 9.00. The van der Waals surface area contributed by atoms with Crippen LogP contribution in [0, 0.1) is 5.92 Å². The van der Waals surface area contributed by atoms with Crippen LogP contribution in [0.4, 0.5) is 13.2 Å². The molecule has 0 saturated carbocycles. The Bertz CT molecular complexity index is 215. The van der Waals surface area contributed by atoms with Crippen molar-refractivity contribution < 1.29 is 28.2 Å². The van der Waals surface area contributed by atoms with Crippen molar-refractivity contribution in [3.8, 4) is 0 Å². The van der Waals surface area contributed by atoms with Crippen molar-refractivity contribution in [3.63, 3.8) is 0 Å². The van der Waals surface area contributed by atoms with Crippen LogP contribution in [0.1, 0.15) is 13.3 Å². The summed E-state index contributed by atoms with van der Waals surface area (Å²) in [5.41, 5.74) is 0. The first-order valence-electron chi connectivity index (χ1n) is 4.95. The van der Waals surface area contributed by atoms with Gasteiger partial charge in [0.1, 0.15) is 0 Å². The van der Waals surface area contributed by atoms with Crippen LogP contribution in [0.3, 0.4) is 0 Å². The van der Waals surface area contributed by atoms with E-state index in [9.17, 15) is 18.0 Å². The van der Waals surface area contributed by atoms with E-state index in [1.807, 2.05) is 0 Å². The number of rotatable bonds is 7. The van der Waals surface area contributed by atoms with Crippen LogP contribution in [0.2, 0.25) is 0 Å². The van der Waals surface area contributed by atoms with E-state index in [-0.39, 0.29) is 13.2 Å². The van der Waals surface area contributed by atoms with Crippen LogP contribution in [-0.2, 0) is 4.79 Å². The second kappa shape index (κ2) is 6.70. The molecule has 0 aromatic heterocycles. The van der Waals surface area contributed by atoms with Crippen molar-refractivity contribution >= 4 is 5.97 Å². The van der Waals surface area contributed by atoms with Gasteiger partial charge in [0.2, 0.25) is 0 Å². The third-order valence-corrected chi connectivity index (χ3v) is 2.09. The molecule has 96 valence electrons. The van der Waals surface area contributed by atoms with Gasteiger partial charge >= 0.3 is 12.1 Å². The van der Waals surface area contributed by atoms with Gasteiger partial charge in [-0.1, -0.05) is 6.92 Å². The molecule has 0 radical (unpaired) electrons. The molecule has 1 atom stereocenters. The maximum absolute atomic E-state index is 12.3. The van der Waals surface area contributed by atoms with E-state index < -0.39 is 24.6 Å². The Morgan fingerprint density at radius 2 is 1.94 bits per heavy atom. The lowest BCUT2D eigenvalue weighted by molar-refractivity contribution is -0.196. The average molecular weight is 243 g/mol. The van der Waals surface area contributed by atoms with Crippen LogP contribution >= 0.6 is 0 Å². The van der Waals surface area contributed by atoms with Gasteiger partial charge in [0, 0.05) is 13.1 Å². The lowest BCUT2D eigenvalue weighted by Crippen LogP contribution is -2.42. The fraction of sp³-hybridized carbons (Fsp3) is 0.889. The van der Waals surface area contributed by atoms with Gasteiger partial charge in [-0.3, -0.25) is 9.69 Å². The molecule has 7 heteroatoms. The number of aliphatic hydroxyl groups is 1. The molecule has 0 aliphatic carbocycles. The Morgan fingerprint density at radius 1 is 1.38 bits per heavy atom. The van der Waals surface area contributed by atoms with E-state index in [1.54, 1.807) is 6.92 Å². The minimum absolute atomic E-state index is 0.0493. The topological polar surface area (TPSA) is 60.8 Å². The summed E-state index contributed by atoms with van der Waals surface area (Å²) in [6.07, 6.45) is -4.16. The SMILES string of the molecule is CCCN(CCO)CC(C(=O)O)C(F)(F)F. The fourth-order valence-electron chi connectivity index (χ4n) is 1.33. The van der Waals surface area contributed by atoms with Gasteiger partial charge in [-0.25, -0.2) is 0 Å². The molecule has 0 fully saturated rings. The number of aliphatic carboxylic acids is 1. The second-order valence-electron chi connectivity index (χ2n) is 3.46. The third kappa shape index (κ3) is 5.32. The first kappa shape index (κ1) is 15.2. The van der Waals surface area contributed by atoms with Crippen molar-refractivity contribution in [2.24, 2.45) is 5.92 Å². The molecule has 0 heterocycles. The lowest BCUT2D eigenvalue weighted by atomic mass is 10.1.